The summed E-state index contributed by atoms with van der Waals surface area (Å²) in [6.45, 7) is 0.675. The van der Waals surface area contributed by atoms with Crippen LogP contribution >= 0.6 is 0 Å². The molecule has 0 aliphatic rings. The smallest absolute Gasteiger partial charge is 0.307 e. The minimum atomic E-state index is -0.818. The van der Waals surface area contributed by atoms with E-state index in [2.05, 4.69) is 9.97 Å². The molecular formula is C19H21N3O2. The van der Waals surface area contributed by atoms with Crippen molar-refractivity contribution in [2.75, 3.05) is 6.54 Å². The maximum atomic E-state index is 11.0. The van der Waals surface area contributed by atoms with E-state index < -0.39 is 5.97 Å². The monoisotopic (exact) mass is 323 g/mol. The fourth-order valence-electron chi connectivity index (χ4n) is 3.04. The summed E-state index contributed by atoms with van der Waals surface area (Å²) in [5.74, 6) is -0.818. The number of nitrogens with zero attached hydrogens (tertiary/aromatic N) is 1. The molecule has 0 aliphatic heterocycles. The highest BCUT2D eigenvalue weighted by Crippen LogP contribution is 2.32. The SMILES string of the molecule is NCCCCc1c(-c2cccnc2)[nH]c2ccc(CC(=O)O)cc12. The molecule has 4 N–H and O–H groups in total. The van der Waals surface area contributed by atoms with E-state index in [-0.39, 0.29) is 6.42 Å². The van der Waals surface area contributed by atoms with E-state index in [9.17, 15) is 4.79 Å². The van der Waals surface area contributed by atoms with Gasteiger partial charge in [-0.05, 0) is 61.2 Å². The molecular weight excluding hydrogens is 302 g/mol. The second-order valence-corrected chi connectivity index (χ2v) is 5.92. The van der Waals surface area contributed by atoms with Gasteiger partial charge < -0.3 is 15.8 Å². The zero-order valence-corrected chi connectivity index (χ0v) is 13.5. The molecule has 0 unspecified atom stereocenters. The van der Waals surface area contributed by atoms with Crippen molar-refractivity contribution in [1.29, 1.82) is 0 Å². The van der Waals surface area contributed by atoms with Gasteiger partial charge in [0.2, 0.25) is 0 Å². The van der Waals surface area contributed by atoms with Crippen LogP contribution in [0.4, 0.5) is 0 Å². The van der Waals surface area contributed by atoms with E-state index in [0.717, 1.165) is 47.0 Å². The Hall–Kier alpha value is -2.66. The third-order valence-electron chi connectivity index (χ3n) is 4.16. The quantitative estimate of drug-likeness (QED) is 0.582. The average molecular weight is 323 g/mol. The molecule has 0 atom stereocenters. The van der Waals surface area contributed by atoms with Crippen molar-refractivity contribution in [2.24, 2.45) is 5.73 Å². The number of unbranched alkanes of at least 4 members (excludes halogenated alkanes) is 1. The molecule has 3 rings (SSSR count). The van der Waals surface area contributed by atoms with Crippen LogP contribution in [0.5, 0.6) is 0 Å². The molecule has 0 bridgehead atoms. The second-order valence-electron chi connectivity index (χ2n) is 5.92. The second kappa shape index (κ2) is 7.27. The Balaban J connectivity index is 2.08. The number of nitrogens with one attached hydrogen (secondary N) is 1. The number of rotatable bonds is 7. The standard InChI is InChI=1S/C19H21N3O2/c20-8-2-1-5-15-16-10-13(11-18(23)24)6-7-17(16)22-19(15)14-4-3-9-21-12-14/h3-4,6-7,9-10,12,22H,1-2,5,8,11,20H2,(H,23,24). The van der Waals surface area contributed by atoms with Crippen LogP contribution in [0, 0.1) is 0 Å². The summed E-state index contributed by atoms with van der Waals surface area (Å²) in [5.41, 5.74) is 10.8. The first-order chi connectivity index (χ1) is 11.7. The minimum Gasteiger partial charge on any atom is -0.481 e. The zero-order chi connectivity index (χ0) is 16.9. The summed E-state index contributed by atoms with van der Waals surface area (Å²) in [5, 5.41) is 10.1. The first kappa shape index (κ1) is 16.2. The molecule has 0 fully saturated rings. The summed E-state index contributed by atoms with van der Waals surface area (Å²) in [6, 6.07) is 9.75. The lowest BCUT2D eigenvalue weighted by Crippen LogP contribution is -2.00. The van der Waals surface area contributed by atoms with Crippen molar-refractivity contribution < 1.29 is 9.90 Å². The number of benzene rings is 1. The van der Waals surface area contributed by atoms with Gasteiger partial charge in [-0.2, -0.15) is 0 Å². The molecule has 1 aromatic carbocycles. The topological polar surface area (TPSA) is 92.0 Å². The maximum Gasteiger partial charge on any atom is 0.307 e. The van der Waals surface area contributed by atoms with E-state index in [0.29, 0.717) is 6.54 Å². The van der Waals surface area contributed by atoms with Crippen LogP contribution < -0.4 is 5.73 Å². The molecule has 2 heterocycles. The van der Waals surface area contributed by atoms with Gasteiger partial charge in [0.15, 0.2) is 0 Å². The first-order valence-electron chi connectivity index (χ1n) is 8.15. The molecule has 5 nitrogen and oxygen atoms in total. The minimum absolute atomic E-state index is 0.0333. The van der Waals surface area contributed by atoms with Crippen LogP contribution in [0.25, 0.3) is 22.2 Å². The van der Waals surface area contributed by atoms with E-state index >= 15 is 0 Å². The van der Waals surface area contributed by atoms with Gasteiger partial charge in [0, 0.05) is 28.9 Å². The fraction of sp³-hybridized carbons (Fsp3) is 0.263. The Labute approximate surface area is 140 Å². The van der Waals surface area contributed by atoms with Crippen molar-refractivity contribution in [3.63, 3.8) is 0 Å². The molecule has 0 aliphatic carbocycles. The maximum absolute atomic E-state index is 11.0. The zero-order valence-electron chi connectivity index (χ0n) is 13.5. The van der Waals surface area contributed by atoms with Crippen molar-refractivity contribution in [3.05, 3.63) is 53.9 Å². The van der Waals surface area contributed by atoms with Gasteiger partial charge in [0.1, 0.15) is 0 Å². The summed E-state index contributed by atoms with van der Waals surface area (Å²) < 4.78 is 0. The Morgan fingerprint density at radius 3 is 2.83 bits per heavy atom. The van der Waals surface area contributed by atoms with Crippen LogP contribution in [0.2, 0.25) is 0 Å². The normalized spacial score (nSPS) is 11.0. The number of carboxylic acid groups (broad SMARTS) is 1. The molecule has 24 heavy (non-hydrogen) atoms. The van der Waals surface area contributed by atoms with E-state index in [1.165, 1.54) is 5.56 Å². The molecule has 5 heteroatoms. The number of fused-ring (bicyclic) bond motifs is 1. The number of carboxylic acids is 1. The number of pyridine rings is 1. The molecule has 0 saturated heterocycles. The Kier molecular flexibility index (Phi) is 4.91. The summed E-state index contributed by atoms with van der Waals surface area (Å²) in [7, 11) is 0. The summed E-state index contributed by atoms with van der Waals surface area (Å²) in [6.07, 6.45) is 6.50. The number of hydrogen-bond acceptors (Lipinski definition) is 3. The number of aromatic amines is 1. The Bertz CT molecular complexity index is 840. The molecule has 2 aromatic heterocycles. The molecule has 0 spiro atoms. The van der Waals surface area contributed by atoms with Gasteiger partial charge >= 0.3 is 5.97 Å². The Morgan fingerprint density at radius 2 is 2.12 bits per heavy atom. The Morgan fingerprint density at radius 1 is 1.25 bits per heavy atom. The lowest BCUT2D eigenvalue weighted by atomic mass is 9.99. The van der Waals surface area contributed by atoms with Crippen molar-refractivity contribution in [3.8, 4) is 11.3 Å². The predicted molar refractivity (Wildman–Crippen MR) is 94.9 cm³/mol. The average Bonchev–Trinajstić information content (AvgIpc) is 2.94. The summed E-state index contributed by atoms with van der Waals surface area (Å²) >= 11 is 0. The number of aromatic nitrogens is 2. The van der Waals surface area contributed by atoms with E-state index in [1.807, 2.05) is 36.5 Å². The van der Waals surface area contributed by atoms with Crippen LogP contribution in [0.1, 0.15) is 24.0 Å². The third kappa shape index (κ3) is 3.46. The van der Waals surface area contributed by atoms with Crippen molar-refractivity contribution >= 4 is 16.9 Å². The first-order valence-corrected chi connectivity index (χ1v) is 8.15. The number of nitrogens with two attached hydrogens (primary N) is 1. The lowest BCUT2D eigenvalue weighted by molar-refractivity contribution is -0.136. The van der Waals surface area contributed by atoms with Gasteiger partial charge in [0.05, 0.1) is 12.1 Å². The largest absolute Gasteiger partial charge is 0.481 e. The summed E-state index contributed by atoms with van der Waals surface area (Å²) in [4.78, 5) is 18.7. The van der Waals surface area contributed by atoms with Gasteiger partial charge in [-0.1, -0.05) is 6.07 Å². The van der Waals surface area contributed by atoms with Crippen LogP contribution in [-0.2, 0) is 17.6 Å². The van der Waals surface area contributed by atoms with Gasteiger partial charge in [0.25, 0.3) is 0 Å². The van der Waals surface area contributed by atoms with Crippen LogP contribution in [0.3, 0.4) is 0 Å². The highest BCUT2D eigenvalue weighted by Gasteiger charge is 2.14. The van der Waals surface area contributed by atoms with E-state index in [1.54, 1.807) is 6.20 Å². The van der Waals surface area contributed by atoms with Crippen LogP contribution in [-0.4, -0.2) is 27.6 Å². The van der Waals surface area contributed by atoms with Crippen LogP contribution in [0.15, 0.2) is 42.7 Å². The fourth-order valence-corrected chi connectivity index (χ4v) is 3.04. The predicted octanol–water partition coefficient (Wildman–Crippen LogP) is 3.14. The number of carbonyl (C=O) groups is 1. The number of H-pyrrole nitrogens is 1. The molecule has 3 aromatic rings. The van der Waals surface area contributed by atoms with Gasteiger partial charge in [-0.3, -0.25) is 9.78 Å². The van der Waals surface area contributed by atoms with Gasteiger partial charge in [-0.25, -0.2) is 0 Å². The van der Waals surface area contributed by atoms with Gasteiger partial charge in [-0.15, -0.1) is 0 Å². The highest BCUT2D eigenvalue weighted by atomic mass is 16.4. The number of aliphatic carboxylic acids is 1. The van der Waals surface area contributed by atoms with E-state index in [4.69, 9.17) is 10.8 Å². The molecule has 0 radical (unpaired) electrons. The third-order valence-corrected chi connectivity index (χ3v) is 4.16. The number of hydrogen-bond donors (Lipinski definition) is 3. The van der Waals surface area contributed by atoms with Crippen molar-refractivity contribution in [1.82, 2.24) is 9.97 Å². The lowest BCUT2D eigenvalue weighted by Gasteiger charge is -2.05. The molecule has 0 amide bonds. The molecule has 124 valence electrons. The number of aryl methyl sites for hydroxylation is 1. The highest BCUT2D eigenvalue weighted by molar-refractivity contribution is 5.91. The molecule has 0 saturated carbocycles. The van der Waals surface area contributed by atoms with Crippen molar-refractivity contribution in [2.45, 2.75) is 25.7 Å².